The summed E-state index contributed by atoms with van der Waals surface area (Å²) in [7, 11) is 9.87. The standard InChI is InChI=1S/C17H15.C10H15.2ClH.Zr/c1-12-6-8-14(9-7-12)16-5-3-4-15-10-13(2)11-17(15)16;1-6-7(2)9(4)10(5)8(6)3;;;/h3-11H,1-2H3;1-5H3;2*1H;/q;;;;+4/p-2. The summed E-state index contributed by atoms with van der Waals surface area (Å²) in [5, 5.41) is 0. The molecule has 2 aliphatic rings. The van der Waals surface area contributed by atoms with Gasteiger partial charge in [0.15, 0.2) is 0 Å². The van der Waals surface area contributed by atoms with Crippen molar-refractivity contribution in [3.8, 4) is 11.1 Å². The third-order valence-electron chi connectivity index (χ3n) is 6.07. The van der Waals surface area contributed by atoms with Crippen molar-refractivity contribution in [2.24, 2.45) is 0 Å². The zero-order chi connectivity index (χ0) is 22.4. The number of rotatable bonds is 1. The Balaban J connectivity index is 0.000000210. The summed E-state index contributed by atoms with van der Waals surface area (Å²) in [4.78, 5) is 0. The van der Waals surface area contributed by atoms with Crippen molar-refractivity contribution in [1.29, 1.82) is 0 Å². The number of aryl methyl sites for hydroxylation is 1. The van der Waals surface area contributed by atoms with Gasteiger partial charge >= 0.3 is 37.9 Å². The van der Waals surface area contributed by atoms with E-state index in [0.717, 1.165) is 0 Å². The van der Waals surface area contributed by atoms with Gasteiger partial charge in [-0.2, -0.15) is 0 Å². The van der Waals surface area contributed by atoms with Gasteiger partial charge in [0, 0.05) is 0 Å². The molecule has 0 unspecified atom stereocenters. The quantitative estimate of drug-likeness (QED) is 0.356. The second kappa shape index (κ2) is 12.2. The topological polar surface area (TPSA) is 0 Å². The zero-order valence-corrected chi connectivity index (χ0v) is 22.9. The number of hydrogen-bond acceptors (Lipinski definition) is 0. The summed E-state index contributed by atoms with van der Waals surface area (Å²) in [6.45, 7) is 15.3. The Labute approximate surface area is 203 Å². The van der Waals surface area contributed by atoms with Crippen LogP contribution in [0.15, 0.2) is 42.5 Å². The molecule has 2 aliphatic carbocycles. The summed E-state index contributed by atoms with van der Waals surface area (Å²) >= 11 is -0.826. The maximum absolute atomic E-state index is 4.93. The Kier molecular flexibility index (Phi) is 10.7. The Morgan fingerprint density at radius 1 is 0.600 bits per heavy atom. The molecule has 0 aliphatic heterocycles. The van der Waals surface area contributed by atoms with E-state index in [1.54, 1.807) is 0 Å². The van der Waals surface area contributed by atoms with Gasteiger partial charge in [0.05, 0.1) is 0 Å². The van der Waals surface area contributed by atoms with Crippen LogP contribution in [0, 0.1) is 55.3 Å². The van der Waals surface area contributed by atoms with E-state index < -0.39 is 20.8 Å². The first kappa shape index (κ1) is 26.2. The molecule has 2 aromatic rings. The predicted octanol–water partition coefficient (Wildman–Crippen LogP) is 8.72. The molecule has 2 aromatic carbocycles. The van der Waals surface area contributed by atoms with Crippen molar-refractivity contribution in [2.75, 3.05) is 0 Å². The fourth-order valence-electron chi connectivity index (χ4n) is 3.78. The monoisotopic (exact) mass is 514 g/mol. The first-order valence-corrected chi connectivity index (χ1v) is 16.4. The van der Waals surface area contributed by atoms with Crippen LogP contribution in [0.25, 0.3) is 11.1 Å². The molecule has 8 radical (unpaired) electrons. The molecular weight excluding hydrogens is 486 g/mol. The molecule has 1 saturated carbocycles. The zero-order valence-electron chi connectivity index (χ0n) is 19.0. The SMILES string of the molecule is C[C]1[CH]c2cccc(-c3ccc(C)cc3)c2[CH]1.C[C]1[C](C)[C](C)[C](C)[C]1C.[Cl][Zr+2][Cl]. The van der Waals surface area contributed by atoms with Crippen LogP contribution in [0.1, 0.15) is 58.2 Å². The van der Waals surface area contributed by atoms with Crippen LogP contribution < -0.4 is 0 Å². The van der Waals surface area contributed by atoms with Gasteiger partial charge in [-0.15, -0.1) is 0 Å². The normalized spacial score (nSPS) is 18.3. The van der Waals surface area contributed by atoms with Crippen LogP contribution in [0.5, 0.6) is 0 Å². The van der Waals surface area contributed by atoms with Gasteiger partial charge < -0.3 is 0 Å². The summed E-state index contributed by atoms with van der Waals surface area (Å²) in [5.74, 6) is 8.67. The minimum absolute atomic E-state index is 0.826. The average Bonchev–Trinajstić information content (AvgIpc) is 3.19. The van der Waals surface area contributed by atoms with Gasteiger partial charge in [-0.05, 0) is 77.5 Å². The molecule has 3 heteroatoms. The molecule has 0 spiro atoms. The number of benzene rings is 2. The van der Waals surface area contributed by atoms with Gasteiger partial charge in [-0.25, -0.2) is 0 Å². The van der Waals surface area contributed by atoms with Crippen LogP contribution >= 0.6 is 17.0 Å². The molecule has 1 fully saturated rings. The molecule has 4 rings (SSSR count). The van der Waals surface area contributed by atoms with E-state index in [1.165, 1.54) is 63.3 Å². The molecule has 0 bridgehead atoms. The van der Waals surface area contributed by atoms with Crippen LogP contribution in [-0.2, 0) is 20.8 Å². The van der Waals surface area contributed by atoms with E-state index in [1.807, 2.05) is 0 Å². The Hall–Kier alpha value is -0.0969. The molecule has 0 N–H and O–H groups in total. The molecule has 0 saturated heterocycles. The first-order valence-electron chi connectivity index (χ1n) is 10.1. The van der Waals surface area contributed by atoms with Crippen molar-refractivity contribution < 1.29 is 20.8 Å². The Morgan fingerprint density at radius 2 is 1.07 bits per heavy atom. The summed E-state index contributed by atoms with van der Waals surface area (Å²) in [5.41, 5.74) is 6.62. The fraction of sp³-hybridized carbons (Fsp3) is 0.259. The van der Waals surface area contributed by atoms with Crippen molar-refractivity contribution in [2.45, 2.75) is 48.5 Å². The van der Waals surface area contributed by atoms with E-state index >= 15 is 0 Å². The van der Waals surface area contributed by atoms with E-state index in [4.69, 9.17) is 17.0 Å². The van der Waals surface area contributed by atoms with Crippen molar-refractivity contribution in [3.63, 3.8) is 0 Å². The second-order valence-corrected chi connectivity index (χ2v) is 11.6. The molecule has 0 amide bonds. The first-order chi connectivity index (χ1) is 14.2. The second-order valence-electron chi connectivity index (χ2n) is 7.90. The molecule has 154 valence electrons. The van der Waals surface area contributed by atoms with Crippen molar-refractivity contribution in [3.05, 3.63) is 108 Å². The van der Waals surface area contributed by atoms with Crippen LogP contribution in [0.2, 0.25) is 0 Å². The van der Waals surface area contributed by atoms with E-state index in [0.29, 0.717) is 0 Å². The van der Waals surface area contributed by atoms with Gasteiger partial charge in [0.1, 0.15) is 0 Å². The molecule has 0 atom stereocenters. The average molecular weight is 517 g/mol. The van der Waals surface area contributed by atoms with Gasteiger partial charge in [0.2, 0.25) is 0 Å². The summed E-state index contributed by atoms with van der Waals surface area (Å²) < 4.78 is 0. The summed E-state index contributed by atoms with van der Waals surface area (Å²) in [6.07, 6.45) is 4.51. The fourth-order valence-corrected chi connectivity index (χ4v) is 3.78. The Bertz CT molecular complexity index is 741. The minimum atomic E-state index is -0.826. The Morgan fingerprint density at radius 3 is 1.53 bits per heavy atom. The van der Waals surface area contributed by atoms with Gasteiger partial charge in [0.25, 0.3) is 0 Å². The van der Waals surface area contributed by atoms with Crippen LogP contribution in [0.4, 0.5) is 0 Å². The van der Waals surface area contributed by atoms with Crippen molar-refractivity contribution >= 4 is 17.0 Å². The van der Waals surface area contributed by atoms with E-state index in [9.17, 15) is 0 Å². The predicted molar refractivity (Wildman–Crippen MR) is 129 cm³/mol. The number of fused-ring (bicyclic) bond motifs is 1. The molecule has 30 heavy (non-hydrogen) atoms. The van der Waals surface area contributed by atoms with E-state index in [-0.39, 0.29) is 0 Å². The van der Waals surface area contributed by atoms with Crippen LogP contribution in [-0.4, -0.2) is 0 Å². The summed E-state index contributed by atoms with van der Waals surface area (Å²) in [6, 6.07) is 15.3. The third kappa shape index (κ3) is 6.46. The maximum atomic E-state index is 4.93. The number of hydrogen-bond donors (Lipinski definition) is 0. The van der Waals surface area contributed by atoms with E-state index in [2.05, 4.69) is 104 Å². The third-order valence-corrected chi connectivity index (χ3v) is 6.07. The van der Waals surface area contributed by atoms with Gasteiger partial charge in [-0.3, -0.25) is 0 Å². The van der Waals surface area contributed by atoms with Crippen LogP contribution in [0.3, 0.4) is 0 Å². The molecule has 0 heterocycles. The number of halogens is 2. The molecular formula is C27H30Cl2Zr+2. The van der Waals surface area contributed by atoms with Gasteiger partial charge in [-0.1, -0.05) is 89.6 Å². The van der Waals surface area contributed by atoms with Crippen molar-refractivity contribution in [1.82, 2.24) is 0 Å². The molecule has 0 aromatic heterocycles. The molecule has 0 nitrogen and oxygen atoms in total.